The van der Waals surface area contributed by atoms with Crippen molar-refractivity contribution < 1.29 is 38.5 Å². The van der Waals surface area contributed by atoms with Crippen molar-refractivity contribution in [3.63, 3.8) is 0 Å². The van der Waals surface area contributed by atoms with Crippen LogP contribution in [0.2, 0.25) is 0 Å². The van der Waals surface area contributed by atoms with Gasteiger partial charge in [0.25, 0.3) is 5.56 Å². The molecule has 2 aromatic heterocycles. The molecule has 42 heavy (non-hydrogen) atoms. The Balaban J connectivity index is 1.46. The number of nitrogens with two attached hydrogens (primary N) is 1. The van der Waals surface area contributed by atoms with Gasteiger partial charge >= 0.3 is 7.75 Å². The number of H-pyrrole nitrogens is 1. The summed E-state index contributed by atoms with van der Waals surface area (Å²) in [6.07, 6.45) is -2.72. The highest BCUT2D eigenvalue weighted by Crippen LogP contribution is 2.46. The lowest BCUT2D eigenvalue weighted by Gasteiger charge is -2.27. The highest BCUT2D eigenvalue weighted by Gasteiger charge is 2.54. The number of aromatic nitrogens is 4. The van der Waals surface area contributed by atoms with Gasteiger partial charge in [0.05, 0.1) is 31.6 Å². The smallest absolute Gasteiger partial charge is 0.395 e. The highest BCUT2D eigenvalue weighted by molar-refractivity contribution is 8.13. The summed E-state index contributed by atoms with van der Waals surface area (Å²) >= 11 is 0.934. The van der Waals surface area contributed by atoms with E-state index >= 15 is 0 Å². The molecule has 0 spiro atoms. The molecule has 1 fully saturated rings. The number of rotatable bonds is 13. The van der Waals surface area contributed by atoms with Crippen LogP contribution in [0.3, 0.4) is 0 Å². The number of ether oxygens (including phenoxy) is 1. The number of aliphatic hydroxyl groups is 3. The number of carbonyl (C=O) groups is 1. The second-order valence-electron chi connectivity index (χ2n) is 10.6. The minimum atomic E-state index is -4.04. The van der Waals surface area contributed by atoms with Crippen molar-refractivity contribution in [1.29, 1.82) is 0 Å². The van der Waals surface area contributed by atoms with E-state index in [2.05, 4.69) is 20.0 Å². The van der Waals surface area contributed by atoms with Gasteiger partial charge in [-0.1, -0.05) is 42.1 Å². The van der Waals surface area contributed by atoms with E-state index in [1.54, 1.807) is 13.8 Å². The molecule has 5 atom stereocenters. The van der Waals surface area contributed by atoms with Crippen LogP contribution in [-0.2, 0) is 29.7 Å². The fraction of sp³-hybridized carbons (Fsp3) is 0.520. The molecular weight excluding hydrogens is 591 g/mol. The Bertz CT molecular complexity index is 1500. The number of imidazole rings is 1. The number of aromatic amines is 1. The Labute approximate surface area is 245 Å². The maximum atomic E-state index is 13.7. The number of benzene rings is 1. The van der Waals surface area contributed by atoms with Crippen molar-refractivity contribution in [3.05, 3.63) is 52.6 Å². The summed E-state index contributed by atoms with van der Waals surface area (Å²) in [6.45, 7) is 3.78. The van der Waals surface area contributed by atoms with Gasteiger partial charge in [0, 0.05) is 12.3 Å². The summed E-state index contributed by atoms with van der Waals surface area (Å²) in [5.41, 5.74) is 3.04. The van der Waals surface area contributed by atoms with E-state index in [1.165, 1.54) is 17.8 Å². The van der Waals surface area contributed by atoms with Crippen LogP contribution in [0.5, 0.6) is 0 Å². The molecule has 17 heteroatoms. The first-order valence-electron chi connectivity index (χ1n) is 13.0. The molecule has 15 nitrogen and oxygen atoms in total. The van der Waals surface area contributed by atoms with Crippen molar-refractivity contribution in [3.8, 4) is 0 Å². The van der Waals surface area contributed by atoms with Gasteiger partial charge in [-0.2, -0.15) is 4.98 Å². The Morgan fingerprint density at radius 1 is 1.33 bits per heavy atom. The Morgan fingerprint density at radius 2 is 2.05 bits per heavy atom. The number of nitrogen functional groups attached to an aromatic ring is 1. The van der Waals surface area contributed by atoms with Gasteiger partial charge in [-0.15, -0.1) is 0 Å². The lowest BCUT2D eigenvalue weighted by molar-refractivity contribution is -0.119. The van der Waals surface area contributed by atoms with Crippen molar-refractivity contribution in [2.75, 3.05) is 31.3 Å². The second-order valence-corrected chi connectivity index (χ2v) is 13.5. The minimum absolute atomic E-state index is 0.0326. The average Bonchev–Trinajstić information content (AvgIpc) is 3.47. The van der Waals surface area contributed by atoms with E-state index in [1.807, 2.05) is 30.3 Å². The van der Waals surface area contributed by atoms with E-state index in [4.69, 9.17) is 19.5 Å². The number of hydrogen-bond donors (Lipinski definition) is 6. The van der Waals surface area contributed by atoms with E-state index < -0.39 is 49.4 Å². The zero-order valence-electron chi connectivity index (χ0n) is 23.3. The summed E-state index contributed by atoms with van der Waals surface area (Å²) in [6, 6.07) is 9.10. The number of thioether (sulfide) groups is 1. The number of nitrogens with one attached hydrogen (secondary N) is 2. The molecule has 2 unspecified atom stereocenters. The Morgan fingerprint density at radius 3 is 2.74 bits per heavy atom. The topological polar surface area (TPSA) is 224 Å². The summed E-state index contributed by atoms with van der Waals surface area (Å²) < 4.78 is 32.1. The predicted octanol–water partition coefficient (Wildman–Crippen LogP) is 0.921. The van der Waals surface area contributed by atoms with Gasteiger partial charge in [-0.05, 0) is 26.3 Å². The van der Waals surface area contributed by atoms with Crippen LogP contribution in [0.4, 0.5) is 5.95 Å². The minimum Gasteiger partial charge on any atom is -0.395 e. The van der Waals surface area contributed by atoms with Gasteiger partial charge in [0.1, 0.15) is 17.8 Å². The van der Waals surface area contributed by atoms with Crippen LogP contribution in [0.15, 0.2) is 41.5 Å². The number of carbonyl (C=O) groups excluding carboxylic acids is 1. The van der Waals surface area contributed by atoms with E-state index in [0.29, 0.717) is 0 Å². The van der Waals surface area contributed by atoms with Gasteiger partial charge in [-0.25, -0.2) is 14.6 Å². The molecule has 1 aromatic carbocycles. The molecule has 0 bridgehead atoms. The number of hydrogen-bond acceptors (Lipinski definition) is 13. The van der Waals surface area contributed by atoms with Crippen molar-refractivity contribution >= 4 is 41.7 Å². The molecule has 3 aromatic rings. The van der Waals surface area contributed by atoms with Gasteiger partial charge < -0.3 is 25.8 Å². The first-order chi connectivity index (χ1) is 19.8. The molecule has 4 rings (SSSR count). The second kappa shape index (κ2) is 12.9. The fourth-order valence-electron chi connectivity index (χ4n) is 4.13. The van der Waals surface area contributed by atoms with Crippen LogP contribution < -0.4 is 16.4 Å². The molecule has 0 amide bonds. The lowest BCUT2D eigenvalue weighted by Crippen LogP contribution is -2.44. The summed E-state index contributed by atoms with van der Waals surface area (Å²) in [5, 5.41) is 34.0. The Hall–Kier alpha value is -2.66. The maximum absolute atomic E-state index is 13.7. The third-order valence-corrected chi connectivity index (χ3v) is 9.45. The monoisotopic (exact) mass is 626 g/mol. The molecular formula is C25H35N6O9PS. The fourth-order valence-corrected chi connectivity index (χ4v) is 6.37. The zero-order chi connectivity index (χ0) is 30.7. The largest absolute Gasteiger partial charge is 0.405 e. The number of fused-ring (bicyclic) bond motifs is 1. The third-order valence-electron chi connectivity index (χ3n) is 6.71. The SMILES string of the molecule is CC(C)(CO)C(=O)SCCOP(=O)(NCc1ccccc1)OC[C@H]1O[C@@H](n2cnc3c(=O)[nH]c(N)nc32)[C@@](C)(O)C1O. The summed E-state index contributed by atoms with van der Waals surface area (Å²) in [7, 11) is -4.04. The van der Waals surface area contributed by atoms with Crippen molar-refractivity contribution in [2.24, 2.45) is 5.41 Å². The summed E-state index contributed by atoms with van der Waals surface area (Å²) in [4.78, 5) is 34.9. The molecule has 3 heterocycles. The molecule has 1 aliphatic rings. The van der Waals surface area contributed by atoms with Gasteiger partial charge in [0.2, 0.25) is 5.95 Å². The molecule has 1 saturated heterocycles. The van der Waals surface area contributed by atoms with E-state index in [-0.39, 0.29) is 47.7 Å². The predicted molar refractivity (Wildman–Crippen MR) is 154 cm³/mol. The number of aliphatic hydroxyl groups excluding tert-OH is 2. The van der Waals surface area contributed by atoms with Crippen molar-refractivity contribution in [2.45, 2.75) is 51.4 Å². The standard InChI is InChI=1S/C25H35N6O9PS/c1-24(2,13-32)22(35)42-10-9-38-41(37,28-11-15-7-5-4-6-8-15)39-12-16-18(33)25(3,36)21(40-16)31-14-27-17-19(31)29-23(26)30-20(17)34/h4-8,14,16,18,21,32-33,36H,9-13H2,1-3H3,(H,28,37)(H3,26,29,30,34)/t16-,18?,21-,25+,41?/m1/s1. The number of anilines is 1. The molecule has 7 N–H and O–H groups in total. The van der Waals surface area contributed by atoms with Crippen LogP contribution >= 0.6 is 19.5 Å². The molecule has 0 aliphatic carbocycles. The summed E-state index contributed by atoms with van der Waals surface area (Å²) in [5.74, 6) is -0.0278. The first-order valence-corrected chi connectivity index (χ1v) is 15.5. The third kappa shape index (κ3) is 7.10. The lowest BCUT2D eigenvalue weighted by atomic mass is 9.96. The normalized spacial score (nSPS) is 24.2. The molecule has 0 radical (unpaired) electrons. The van der Waals surface area contributed by atoms with E-state index in [0.717, 1.165) is 17.3 Å². The van der Waals surface area contributed by atoms with Crippen LogP contribution in [-0.4, -0.2) is 83.3 Å². The van der Waals surface area contributed by atoms with Crippen LogP contribution in [0.25, 0.3) is 11.2 Å². The number of nitrogens with zero attached hydrogens (tertiary/aromatic N) is 3. The van der Waals surface area contributed by atoms with E-state index in [9.17, 15) is 29.5 Å². The molecule has 1 aliphatic heterocycles. The first kappa shape index (κ1) is 32.3. The zero-order valence-corrected chi connectivity index (χ0v) is 25.0. The van der Waals surface area contributed by atoms with Crippen molar-refractivity contribution in [1.82, 2.24) is 24.6 Å². The van der Waals surface area contributed by atoms with Gasteiger partial charge in [0.15, 0.2) is 22.5 Å². The molecule has 230 valence electrons. The Kier molecular flexibility index (Phi) is 9.92. The van der Waals surface area contributed by atoms with Gasteiger partial charge in [-0.3, -0.25) is 28.2 Å². The quantitative estimate of drug-likeness (QED) is 0.115. The molecule has 0 saturated carbocycles. The highest BCUT2D eigenvalue weighted by atomic mass is 32.2. The van der Waals surface area contributed by atoms with Crippen LogP contribution in [0.1, 0.15) is 32.6 Å². The average molecular weight is 627 g/mol. The maximum Gasteiger partial charge on any atom is 0.405 e. The van der Waals surface area contributed by atoms with Crippen LogP contribution in [0, 0.1) is 5.41 Å².